The van der Waals surface area contributed by atoms with Crippen LogP contribution in [-0.4, -0.2) is 35.0 Å². The van der Waals surface area contributed by atoms with Gasteiger partial charge in [-0.3, -0.25) is 4.79 Å². The van der Waals surface area contributed by atoms with Gasteiger partial charge in [-0.1, -0.05) is 24.3 Å². The molecule has 0 fully saturated rings. The summed E-state index contributed by atoms with van der Waals surface area (Å²) in [6.07, 6.45) is 2.80. The third kappa shape index (κ3) is 3.11. The maximum Gasteiger partial charge on any atom is 0.335 e. The molecule has 2 aromatic carbocycles. The summed E-state index contributed by atoms with van der Waals surface area (Å²) in [5, 5.41) is 8.92. The molecule has 1 unspecified atom stereocenters. The fourth-order valence-electron chi connectivity index (χ4n) is 3.13. The zero-order valence-corrected chi connectivity index (χ0v) is 13.0. The van der Waals surface area contributed by atoms with E-state index >= 15 is 0 Å². The highest BCUT2D eigenvalue weighted by atomic mass is 16.4. The number of nitrogens with zero attached hydrogens (tertiary/aromatic N) is 1. The Balaban J connectivity index is 1.74. The Morgan fingerprint density at radius 1 is 1.00 bits per heavy atom. The van der Waals surface area contributed by atoms with Gasteiger partial charge in [0.1, 0.15) is 0 Å². The largest absolute Gasteiger partial charge is 0.478 e. The summed E-state index contributed by atoms with van der Waals surface area (Å²) in [7, 11) is 1.83. The first-order chi connectivity index (χ1) is 11.1. The van der Waals surface area contributed by atoms with Crippen molar-refractivity contribution in [2.75, 3.05) is 7.05 Å². The van der Waals surface area contributed by atoms with Crippen LogP contribution in [0.5, 0.6) is 0 Å². The van der Waals surface area contributed by atoms with Crippen molar-refractivity contribution >= 4 is 11.9 Å². The van der Waals surface area contributed by atoms with Crippen LogP contribution in [0, 0.1) is 0 Å². The molecule has 1 aliphatic carbocycles. The lowest BCUT2D eigenvalue weighted by molar-refractivity contribution is 0.0690. The molecule has 0 aromatic heterocycles. The molecular formula is C19H19NO3. The standard InChI is InChI=1S/C19H19NO3/c1-20(17-11-10-13-4-2-3-5-16(13)12-17)18(21)14-6-8-15(9-7-14)19(22)23/h2-9,17H,10-12H2,1H3,(H,22,23). The van der Waals surface area contributed by atoms with Gasteiger partial charge < -0.3 is 10.0 Å². The van der Waals surface area contributed by atoms with Crippen LogP contribution in [0.1, 0.15) is 38.3 Å². The topological polar surface area (TPSA) is 57.6 Å². The van der Waals surface area contributed by atoms with Gasteiger partial charge in [-0.2, -0.15) is 0 Å². The quantitative estimate of drug-likeness (QED) is 0.948. The Hall–Kier alpha value is -2.62. The molecule has 0 saturated heterocycles. The molecule has 3 rings (SSSR count). The monoisotopic (exact) mass is 309 g/mol. The number of fused-ring (bicyclic) bond motifs is 1. The number of aromatic carboxylic acids is 1. The van der Waals surface area contributed by atoms with E-state index in [1.165, 1.54) is 23.3 Å². The minimum absolute atomic E-state index is 0.0636. The van der Waals surface area contributed by atoms with Crippen molar-refractivity contribution in [1.82, 2.24) is 4.90 Å². The molecular weight excluding hydrogens is 290 g/mol. The predicted molar refractivity (Wildman–Crippen MR) is 87.7 cm³/mol. The van der Waals surface area contributed by atoms with Crippen LogP contribution in [0.15, 0.2) is 48.5 Å². The molecule has 0 heterocycles. The summed E-state index contributed by atoms with van der Waals surface area (Å²) in [5.74, 6) is -1.05. The van der Waals surface area contributed by atoms with Gasteiger partial charge in [0.25, 0.3) is 5.91 Å². The van der Waals surface area contributed by atoms with Crippen LogP contribution in [0.25, 0.3) is 0 Å². The molecule has 0 bridgehead atoms. The number of hydrogen-bond donors (Lipinski definition) is 1. The van der Waals surface area contributed by atoms with E-state index in [2.05, 4.69) is 18.2 Å². The summed E-state index contributed by atoms with van der Waals surface area (Å²) >= 11 is 0. The van der Waals surface area contributed by atoms with Crippen molar-refractivity contribution in [2.24, 2.45) is 0 Å². The van der Waals surface area contributed by atoms with Crippen molar-refractivity contribution in [2.45, 2.75) is 25.3 Å². The molecule has 118 valence electrons. The highest BCUT2D eigenvalue weighted by Crippen LogP contribution is 2.24. The molecule has 1 aliphatic rings. The van der Waals surface area contributed by atoms with E-state index in [0.717, 1.165) is 19.3 Å². The van der Waals surface area contributed by atoms with E-state index in [9.17, 15) is 9.59 Å². The van der Waals surface area contributed by atoms with Gasteiger partial charge in [0.05, 0.1) is 5.56 Å². The first-order valence-corrected chi connectivity index (χ1v) is 7.73. The Morgan fingerprint density at radius 2 is 1.61 bits per heavy atom. The molecule has 0 spiro atoms. The van der Waals surface area contributed by atoms with Gasteiger partial charge in [0.2, 0.25) is 0 Å². The molecule has 23 heavy (non-hydrogen) atoms. The van der Waals surface area contributed by atoms with Crippen molar-refractivity contribution in [3.63, 3.8) is 0 Å². The van der Waals surface area contributed by atoms with Crippen molar-refractivity contribution < 1.29 is 14.7 Å². The zero-order valence-electron chi connectivity index (χ0n) is 13.0. The second kappa shape index (κ2) is 6.24. The van der Waals surface area contributed by atoms with Gasteiger partial charge in [-0.15, -0.1) is 0 Å². The minimum Gasteiger partial charge on any atom is -0.478 e. The summed E-state index contributed by atoms with van der Waals surface area (Å²) < 4.78 is 0. The minimum atomic E-state index is -0.985. The average Bonchev–Trinajstić information content (AvgIpc) is 2.60. The Morgan fingerprint density at radius 3 is 2.26 bits per heavy atom. The molecule has 2 aromatic rings. The molecule has 4 heteroatoms. The number of aryl methyl sites for hydroxylation is 1. The Labute approximate surface area is 135 Å². The fraction of sp³-hybridized carbons (Fsp3) is 0.263. The number of benzene rings is 2. The summed E-state index contributed by atoms with van der Waals surface area (Å²) in [5.41, 5.74) is 3.40. The maximum absolute atomic E-state index is 12.6. The van der Waals surface area contributed by atoms with E-state index in [0.29, 0.717) is 5.56 Å². The molecule has 0 radical (unpaired) electrons. The summed E-state index contributed by atoms with van der Waals surface area (Å²) in [6, 6.07) is 14.7. The van der Waals surface area contributed by atoms with Gasteiger partial charge in [0, 0.05) is 18.7 Å². The normalized spacial score (nSPS) is 16.5. The smallest absolute Gasteiger partial charge is 0.335 e. The van der Waals surface area contributed by atoms with Gasteiger partial charge in [-0.25, -0.2) is 4.79 Å². The first kappa shape index (κ1) is 15.3. The number of amides is 1. The van der Waals surface area contributed by atoms with Crippen LogP contribution >= 0.6 is 0 Å². The van der Waals surface area contributed by atoms with E-state index in [1.807, 2.05) is 13.1 Å². The average molecular weight is 309 g/mol. The fourth-order valence-corrected chi connectivity index (χ4v) is 3.13. The Kier molecular flexibility index (Phi) is 4.15. The van der Waals surface area contributed by atoms with Crippen molar-refractivity contribution in [3.8, 4) is 0 Å². The van der Waals surface area contributed by atoms with Gasteiger partial charge in [-0.05, 0) is 54.7 Å². The highest BCUT2D eigenvalue weighted by molar-refractivity contribution is 5.96. The van der Waals surface area contributed by atoms with Crippen LogP contribution < -0.4 is 0 Å². The molecule has 1 atom stereocenters. The Bertz CT molecular complexity index is 737. The highest BCUT2D eigenvalue weighted by Gasteiger charge is 2.25. The lowest BCUT2D eigenvalue weighted by atomic mass is 9.87. The van der Waals surface area contributed by atoms with Crippen LogP contribution in [-0.2, 0) is 12.8 Å². The number of carboxylic acids is 1. The van der Waals surface area contributed by atoms with Crippen molar-refractivity contribution in [1.29, 1.82) is 0 Å². The van der Waals surface area contributed by atoms with E-state index in [1.54, 1.807) is 17.0 Å². The van der Waals surface area contributed by atoms with Gasteiger partial charge in [0.15, 0.2) is 0 Å². The molecule has 0 saturated carbocycles. The first-order valence-electron chi connectivity index (χ1n) is 7.73. The van der Waals surface area contributed by atoms with E-state index in [4.69, 9.17) is 5.11 Å². The van der Waals surface area contributed by atoms with E-state index in [-0.39, 0.29) is 17.5 Å². The maximum atomic E-state index is 12.6. The zero-order chi connectivity index (χ0) is 16.4. The molecule has 1 N–H and O–H groups in total. The van der Waals surface area contributed by atoms with Gasteiger partial charge >= 0.3 is 5.97 Å². The third-order valence-corrected chi connectivity index (χ3v) is 4.57. The lowest BCUT2D eigenvalue weighted by Crippen LogP contribution is -2.40. The number of carbonyl (C=O) groups excluding carboxylic acids is 1. The number of likely N-dealkylation sites (N-methyl/N-ethyl adjacent to an activating group) is 1. The lowest BCUT2D eigenvalue weighted by Gasteiger charge is -2.32. The third-order valence-electron chi connectivity index (χ3n) is 4.57. The SMILES string of the molecule is CN(C(=O)c1ccc(C(=O)O)cc1)C1CCc2ccccc2C1. The van der Waals surface area contributed by atoms with Crippen LogP contribution in [0.2, 0.25) is 0 Å². The van der Waals surface area contributed by atoms with Crippen LogP contribution in [0.4, 0.5) is 0 Å². The second-order valence-electron chi connectivity index (χ2n) is 5.96. The number of hydrogen-bond acceptors (Lipinski definition) is 2. The number of rotatable bonds is 3. The van der Waals surface area contributed by atoms with Crippen molar-refractivity contribution in [3.05, 3.63) is 70.8 Å². The predicted octanol–water partition coefficient (Wildman–Crippen LogP) is 3.01. The summed E-state index contributed by atoms with van der Waals surface area (Å²) in [4.78, 5) is 25.3. The van der Waals surface area contributed by atoms with Crippen LogP contribution in [0.3, 0.4) is 0 Å². The molecule has 0 aliphatic heterocycles. The number of carbonyl (C=O) groups is 2. The summed E-state index contributed by atoms with van der Waals surface area (Å²) in [6.45, 7) is 0. The van der Waals surface area contributed by atoms with E-state index < -0.39 is 5.97 Å². The second-order valence-corrected chi connectivity index (χ2v) is 5.96. The molecule has 4 nitrogen and oxygen atoms in total. The number of carboxylic acid groups (broad SMARTS) is 1. The molecule has 1 amide bonds.